The average molecular weight is 414 g/mol. The number of aliphatic imine (C=N–C) groups is 1. The van der Waals surface area contributed by atoms with Crippen LogP contribution in [-0.2, 0) is 11.2 Å². The van der Waals surface area contributed by atoms with Crippen LogP contribution in [0.15, 0.2) is 47.5 Å². The van der Waals surface area contributed by atoms with Crippen molar-refractivity contribution >= 4 is 17.6 Å². The largest absolute Gasteiger partial charge is 0.492 e. The maximum Gasteiger partial charge on any atom is 0.224 e. The number of rotatable bonds is 8. The lowest BCUT2D eigenvalue weighted by Crippen LogP contribution is -2.43. The molecule has 2 aromatic rings. The van der Waals surface area contributed by atoms with Gasteiger partial charge in [-0.3, -0.25) is 9.79 Å². The van der Waals surface area contributed by atoms with Crippen molar-refractivity contribution in [1.82, 2.24) is 10.6 Å². The molecule has 0 aliphatic carbocycles. The molecule has 0 fully saturated rings. The van der Waals surface area contributed by atoms with E-state index in [1.54, 1.807) is 25.2 Å². The summed E-state index contributed by atoms with van der Waals surface area (Å²) in [5.74, 6) is 1.27. The second-order valence-corrected chi connectivity index (χ2v) is 6.95. The van der Waals surface area contributed by atoms with E-state index in [1.165, 1.54) is 6.07 Å². The molecule has 1 aliphatic rings. The number of guanidine groups is 1. The average Bonchev–Trinajstić information content (AvgIpc) is 2.75. The van der Waals surface area contributed by atoms with Crippen molar-refractivity contribution in [2.75, 3.05) is 32.1 Å². The summed E-state index contributed by atoms with van der Waals surface area (Å²) in [6.45, 7) is 3.32. The molecule has 8 heteroatoms. The highest BCUT2D eigenvalue weighted by Crippen LogP contribution is 2.26. The quantitative estimate of drug-likeness (QED) is 0.351. The summed E-state index contributed by atoms with van der Waals surface area (Å²) < 4.78 is 25.0. The predicted molar refractivity (Wildman–Crippen MR) is 115 cm³/mol. The summed E-state index contributed by atoms with van der Waals surface area (Å²) in [5.41, 5.74) is 1.94. The van der Waals surface area contributed by atoms with Crippen molar-refractivity contribution in [1.29, 1.82) is 0 Å². The lowest BCUT2D eigenvalue weighted by molar-refractivity contribution is -0.116. The van der Waals surface area contributed by atoms with Gasteiger partial charge >= 0.3 is 0 Å². The Morgan fingerprint density at radius 1 is 1.23 bits per heavy atom. The Labute approximate surface area is 175 Å². The van der Waals surface area contributed by atoms with Gasteiger partial charge < -0.3 is 25.4 Å². The third kappa shape index (κ3) is 6.10. The number of benzene rings is 2. The van der Waals surface area contributed by atoms with E-state index < -0.39 is 0 Å². The summed E-state index contributed by atoms with van der Waals surface area (Å²) in [7, 11) is 1.68. The van der Waals surface area contributed by atoms with Gasteiger partial charge in [-0.05, 0) is 49.2 Å². The first-order valence-electron chi connectivity index (χ1n) is 9.96. The van der Waals surface area contributed by atoms with Crippen LogP contribution in [0.2, 0.25) is 0 Å². The first kappa shape index (κ1) is 21.4. The zero-order chi connectivity index (χ0) is 21.3. The summed E-state index contributed by atoms with van der Waals surface area (Å²) in [6, 6.07) is 12.0. The Morgan fingerprint density at radius 2 is 2.07 bits per heavy atom. The summed E-state index contributed by atoms with van der Waals surface area (Å²) in [6.07, 6.45) is 0.979. The molecule has 3 rings (SSSR count). The smallest absolute Gasteiger partial charge is 0.224 e. The van der Waals surface area contributed by atoms with Crippen LogP contribution in [0.25, 0.3) is 0 Å². The number of carbonyl (C=O) groups excluding carboxylic acids is 1. The van der Waals surface area contributed by atoms with Crippen LogP contribution in [0.3, 0.4) is 0 Å². The molecule has 160 valence electrons. The predicted octanol–water partition coefficient (Wildman–Crippen LogP) is 2.72. The Balaban J connectivity index is 1.37. The minimum absolute atomic E-state index is 0.0490. The van der Waals surface area contributed by atoms with Crippen molar-refractivity contribution in [3.05, 3.63) is 53.8 Å². The van der Waals surface area contributed by atoms with Crippen LogP contribution in [0.5, 0.6) is 11.5 Å². The number of nitrogens with one attached hydrogen (secondary N) is 3. The Bertz CT molecular complexity index is 904. The third-order valence-electron chi connectivity index (χ3n) is 4.58. The molecule has 1 aliphatic heterocycles. The first-order chi connectivity index (χ1) is 14.5. The molecule has 3 N–H and O–H groups in total. The fourth-order valence-corrected chi connectivity index (χ4v) is 3.05. The number of hydrogen-bond acceptors (Lipinski definition) is 4. The molecule has 2 aromatic carbocycles. The van der Waals surface area contributed by atoms with Gasteiger partial charge in [0.2, 0.25) is 5.91 Å². The molecule has 0 aromatic heterocycles. The number of nitrogens with zero attached hydrogens (tertiary/aromatic N) is 1. The molecule has 30 heavy (non-hydrogen) atoms. The normalized spacial score (nSPS) is 14.4. The van der Waals surface area contributed by atoms with Gasteiger partial charge in [-0.25, -0.2) is 4.39 Å². The van der Waals surface area contributed by atoms with Crippen molar-refractivity contribution in [2.45, 2.75) is 25.9 Å². The zero-order valence-electron chi connectivity index (χ0n) is 17.2. The van der Waals surface area contributed by atoms with Crippen LogP contribution >= 0.6 is 0 Å². The molecule has 1 unspecified atom stereocenters. The van der Waals surface area contributed by atoms with E-state index in [9.17, 15) is 9.18 Å². The molecule has 0 spiro atoms. The summed E-state index contributed by atoms with van der Waals surface area (Å²) >= 11 is 0. The monoisotopic (exact) mass is 414 g/mol. The molecule has 0 saturated heterocycles. The molecule has 0 radical (unpaired) electrons. The molecule has 1 atom stereocenters. The highest BCUT2D eigenvalue weighted by Gasteiger charge is 2.15. The minimum atomic E-state index is -0.381. The fourth-order valence-electron chi connectivity index (χ4n) is 3.05. The van der Waals surface area contributed by atoms with Gasteiger partial charge in [0.25, 0.3) is 0 Å². The second-order valence-electron chi connectivity index (χ2n) is 6.95. The minimum Gasteiger partial charge on any atom is -0.492 e. The molecular formula is C22H27FN4O3. The maximum atomic E-state index is 13.7. The lowest BCUT2D eigenvalue weighted by Gasteiger charge is -2.19. The number of anilines is 1. The topological polar surface area (TPSA) is 84.0 Å². The van der Waals surface area contributed by atoms with Gasteiger partial charge in [0, 0.05) is 19.2 Å². The maximum absolute atomic E-state index is 13.7. The molecule has 1 heterocycles. The Morgan fingerprint density at radius 3 is 2.87 bits per heavy atom. The number of aryl methyl sites for hydroxylation is 1. The van der Waals surface area contributed by atoms with Gasteiger partial charge in [-0.2, -0.15) is 0 Å². The Kier molecular flexibility index (Phi) is 7.48. The fraction of sp³-hybridized carbons (Fsp3) is 0.364. The second kappa shape index (κ2) is 10.5. The number of fused-ring (bicyclic) bond motifs is 1. The number of carbonyl (C=O) groups is 1. The van der Waals surface area contributed by atoms with E-state index in [1.807, 2.05) is 25.1 Å². The van der Waals surface area contributed by atoms with Crippen molar-refractivity contribution < 1.29 is 18.7 Å². The number of hydrogen-bond donors (Lipinski definition) is 3. The van der Waals surface area contributed by atoms with Crippen LogP contribution in [-0.4, -0.2) is 44.7 Å². The molecule has 0 bridgehead atoms. The van der Waals surface area contributed by atoms with Crippen molar-refractivity contribution in [2.24, 2.45) is 4.99 Å². The van der Waals surface area contributed by atoms with Gasteiger partial charge in [-0.1, -0.05) is 12.1 Å². The van der Waals surface area contributed by atoms with E-state index >= 15 is 0 Å². The summed E-state index contributed by atoms with van der Waals surface area (Å²) in [5, 5.41) is 9.17. The summed E-state index contributed by atoms with van der Waals surface area (Å²) in [4.78, 5) is 15.6. The van der Waals surface area contributed by atoms with Gasteiger partial charge in [0.05, 0.1) is 13.1 Å². The van der Waals surface area contributed by atoms with Crippen LogP contribution in [0, 0.1) is 5.82 Å². The first-order valence-corrected chi connectivity index (χ1v) is 9.96. The van der Waals surface area contributed by atoms with E-state index in [2.05, 4.69) is 20.9 Å². The third-order valence-corrected chi connectivity index (χ3v) is 4.58. The van der Waals surface area contributed by atoms with Gasteiger partial charge in [0.15, 0.2) is 17.5 Å². The van der Waals surface area contributed by atoms with E-state index in [0.29, 0.717) is 32.1 Å². The van der Waals surface area contributed by atoms with Crippen molar-refractivity contribution in [3.8, 4) is 11.5 Å². The highest BCUT2D eigenvalue weighted by molar-refractivity contribution is 5.94. The van der Waals surface area contributed by atoms with Crippen LogP contribution < -0.4 is 25.4 Å². The Hall–Kier alpha value is -3.29. The SMILES string of the molecule is CN=C(NCCOc1ccc2c(c1)CCC(=O)N2)NCC(C)Oc1ccccc1F. The molecular weight excluding hydrogens is 387 g/mol. The van der Waals surface area contributed by atoms with Gasteiger partial charge in [-0.15, -0.1) is 0 Å². The standard InChI is InChI=1S/C22H27FN4O3/c1-15(30-20-6-4-3-5-18(20)23)14-26-22(24-2)25-11-12-29-17-8-9-19-16(13-17)7-10-21(28)27-19/h3-6,8-9,13,15H,7,10-12,14H2,1-2H3,(H,27,28)(H2,24,25,26). The molecule has 1 amide bonds. The number of amides is 1. The number of para-hydroxylation sites is 1. The van der Waals surface area contributed by atoms with Crippen LogP contribution in [0.4, 0.5) is 10.1 Å². The highest BCUT2D eigenvalue weighted by atomic mass is 19.1. The van der Waals surface area contributed by atoms with Gasteiger partial charge in [0.1, 0.15) is 18.5 Å². The zero-order valence-corrected chi connectivity index (χ0v) is 17.2. The number of halogens is 1. The lowest BCUT2D eigenvalue weighted by atomic mass is 10.0. The van der Waals surface area contributed by atoms with E-state index in [-0.39, 0.29) is 23.6 Å². The van der Waals surface area contributed by atoms with Crippen LogP contribution in [0.1, 0.15) is 18.9 Å². The molecule has 0 saturated carbocycles. The molecule has 7 nitrogen and oxygen atoms in total. The van der Waals surface area contributed by atoms with Crippen molar-refractivity contribution in [3.63, 3.8) is 0 Å². The van der Waals surface area contributed by atoms with E-state index in [4.69, 9.17) is 9.47 Å². The van der Waals surface area contributed by atoms with E-state index in [0.717, 1.165) is 23.4 Å². The number of ether oxygens (including phenoxy) is 2.